The highest BCUT2D eigenvalue weighted by Gasteiger charge is 2.01. The Morgan fingerprint density at radius 2 is 1.73 bits per heavy atom. The van der Waals surface area contributed by atoms with Gasteiger partial charge in [0.15, 0.2) is 0 Å². The molecule has 0 aliphatic carbocycles. The summed E-state index contributed by atoms with van der Waals surface area (Å²) in [5, 5.41) is 7.05. The minimum atomic E-state index is -0.239. The monoisotopic (exact) mass is 403 g/mol. The van der Waals surface area contributed by atoms with E-state index in [9.17, 15) is 4.79 Å². The zero-order chi connectivity index (χ0) is 21.0. The van der Waals surface area contributed by atoms with Crippen molar-refractivity contribution >= 4 is 17.8 Å². The molecule has 0 spiro atoms. The quantitative estimate of drug-likeness (QED) is 0.393. The zero-order valence-corrected chi connectivity index (χ0v) is 16.9. The second kappa shape index (κ2) is 11.3. The van der Waals surface area contributed by atoms with E-state index in [1.54, 1.807) is 6.21 Å². The van der Waals surface area contributed by atoms with Gasteiger partial charge in [-0.05, 0) is 54.4 Å². The highest BCUT2D eigenvalue weighted by atomic mass is 16.5. The Kier molecular flexibility index (Phi) is 7.85. The maximum absolute atomic E-state index is 12.0. The molecule has 0 fully saturated rings. The average Bonchev–Trinajstić information content (AvgIpc) is 2.78. The van der Waals surface area contributed by atoms with Crippen LogP contribution >= 0.6 is 0 Å². The molecule has 6 heteroatoms. The fourth-order valence-electron chi connectivity index (χ4n) is 2.66. The smallest absolute Gasteiger partial charge is 0.259 e. The molecule has 0 aliphatic rings. The van der Waals surface area contributed by atoms with Crippen molar-refractivity contribution in [2.75, 3.05) is 18.5 Å². The first-order chi connectivity index (χ1) is 14.7. The molecule has 0 heterocycles. The van der Waals surface area contributed by atoms with E-state index in [4.69, 9.17) is 9.47 Å². The summed E-state index contributed by atoms with van der Waals surface area (Å²) >= 11 is 0. The van der Waals surface area contributed by atoms with Gasteiger partial charge in [-0.25, -0.2) is 5.43 Å². The van der Waals surface area contributed by atoms with Crippen LogP contribution in [0.5, 0.6) is 11.5 Å². The fraction of sp³-hybridized carbons (Fsp3) is 0.167. The molecule has 30 heavy (non-hydrogen) atoms. The van der Waals surface area contributed by atoms with Crippen molar-refractivity contribution in [3.63, 3.8) is 0 Å². The lowest BCUT2D eigenvalue weighted by Crippen LogP contribution is -2.25. The molecule has 0 saturated heterocycles. The fourth-order valence-corrected chi connectivity index (χ4v) is 2.66. The SMILES string of the molecule is CCOc1ccc(NCC(=O)N/N=C/c2cccc(OCc3ccccc3)c2)cc1. The number of hydrazone groups is 1. The molecule has 3 rings (SSSR count). The van der Waals surface area contributed by atoms with E-state index in [0.717, 1.165) is 28.3 Å². The number of nitrogens with zero attached hydrogens (tertiary/aromatic N) is 1. The van der Waals surface area contributed by atoms with Gasteiger partial charge in [-0.3, -0.25) is 4.79 Å². The maximum atomic E-state index is 12.0. The number of carbonyl (C=O) groups is 1. The first-order valence-electron chi connectivity index (χ1n) is 9.78. The number of amides is 1. The normalized spacial score (nSPS) is 10.6. The van der Waals surface area contributed by atoms with E-state index in [2.05, 4.69) is 15.8 Å². The standard InChI is InChI=1S/C24H25N3O3/c1-2-29-22-13-11-21(12-14-22)25-17-24(28)27-26-16-20-9-6-10-23(15-20)30-18-19-7-4-3-5-8-19/h3-16,25H,2,17-18H2,1H3,(H,27,28)/b26-16+. The molecular weight excluding hydrogens is 378 g/mol. The Labute approximate surface area is 176 Å². The van der Waals surface area contributed by atoms with Gasteiger partial charge in [-0.2, -0.15) is 5.10 Å². The summed E-state index contributed by atoms with van der Waals surface area (Å²) in [5.74, 6) is 1.30. The molecule has 0 aromatic heterocycles. The van der Waals surface area contributed by atoms with Gasteiger partial charge in [0.25, 0.3) is 5.91 Å². The second-order valence-corrected chi connectivity index (χ2v) is 6.45. The van der Waals surface area contributed by atoms with E-state index < -0.39 is 0 Å². The van der Waals surface area contributed by atoms with Crippen molar-refractivity contribution in [2.45, 2.75) is 13.5 Å². The molecule has 0 aliphatic heterocycles. The number of carbonyl (C=O) groups excluding carboxylic acids is 1. The molecule has 0 bridgehead atoms. The average molecular weight is 403 g/mol. The predicted molar refractivity (Wildman–Crippen MR) is 119 cm³/mol. The van der Waals surface area contributed by atoms with Crippen LogP contribution in [0, 0.1) is 0 Å². The van der Waals surface area contributed by atoms with Gasteiger partial charge in [-0.1, -0.05) is 42.5 Å². The van der Waals surface area contributed by atoms with E-state index in [0.29, 0.717) is 13.2 Å². The molecular formula is C24H25N3O3. The first-order valence-corrected chi connectivity index (χ1v) is 9.78. The van der Waals surface area contributed by atoms with Crippen molar-refractivity contribution in [1.29, 1.82) is 0 Å². The lowest BCUT2D eigenvalue weighted by Gasteiger charge is -2.07. The van der Waals surface area contributed by atoms with Crippen LogP contribution in [0.15, 0.2) is 84.0 Å². The summed E-state index contributed by atoms with van der Waals surface area (Å²) < 4.78 is 11.2. The lowest BCUT2D eigenvalue weighted by molar-refractivity contribution is -0.119. The first kappa shape index (κ1) is 20.9. The minimum Gasteiger partial charge on any atom is -0.494 e. The second-order valence-electron chi connectivity index (χ2n) is 6.45. The summed E-state index contributed by atoms with van der Waals surface area (Å²) in [6.07, 6.45) is 1.59. The van der Waals surface area contributed by atoms with Gasteiger partial charge in [-0.15, -0.1) is 0 Å². The Hall–Kier alpha value is -3.80. The van der Waals surface area contributed by atoms with Crippen LogP contribution in [0.4, 0.5) is 5.69 Å². The van der Waals surface area contributed by atoms with Gasteiger partial charge in [0.1, 0.15) is 18.1 Å². The summed E-state index contributed by atoms with van der Waals surface area (Å²) in [6.45, 7) is 3.17. The lowest BCUT2D eigenvalue weighted by atomic mass is 10.2. The molecule has 3 aromatic carbocycles. The molecule has 3 aromatic rings. The number of anilines is 1. The van der Waals surface area contributed by atoms with E-state index in [1.807, 2.05) is 85.8 Å². The highest BCUT2D eigenvalue weighted by molar-refractivity contribution is 5.84. The van der Waals surface area contributed by atoms with E-state index >= 15 is 0 Å². The van der Waals surface area contributed by atoms with Gasteiger partial charge in [0.05, 0.1) is 19.4 Å². The van der Waals surface area contributed by atoms with Crippen LogP contribution in [-0.4, -0.2) is 25.3 Å². The van der Waals surface area contributed by atoms with E-state index in [-0.39, 0.29) is 12.5 Å². The van der Waals surface area contributed by atoms with Gasteiger partial charge >= 0.3 is 0 Å². The summed E-state index contributed by atoms with van der Waals surface area (Å²) in [7, 11) is 0. The Balaban J connectivity index is 1.43. The Bertz CT molecular complexity index is 957. The maximum Gasteiger partial charge on any atom is 0.259 e. The zero-order valence-electron chi connectivity index (χ0n) is 16.9. The molecule has 0 unspecified atom stereocenters. The van der Waals surface area contributed by atoms with Crippen molar-refractivity contribution in [1.82, 2.24) is 5.43 Å². The molecule has 0 saturated carbocycles. The Morgan fingerprint density at radius 3 is 2.50 bits per heavy atom. The van der Waals surface area contributed by atoms with Crippen LogP contribution in [-0.2, 0) is 11.4 Å². The van der Waals surface area contributed by atoms with Gasteiger partial charge in [0.2, 0.25) is 0 Å². The van der Waals surface area contributed by atoms with Crippen molar-refractivity contribution < 1.29 is 14.3 Å². The number of rotatable bonds is 10. The largest absolute Gasteiger partial charge is 0.494 e. The minimum absolute atomic E-state index is 0.117. The van der Waals surface area contributed by atoms with E-state index in [1.165, 1.54) is 0 Å². The van der Waals surface area contributed by atoms with Crippen LogP contribution in [0.3, 0.4) is 0 Å². The van der Waals surface area contributed by atoms with Crippen LogP contribution in [0.2, 0.25) is 0 Å². The summed E-state index contributed by atoms with van der Waals surface area (Å²) in [5.41, 5.74) is 5.28. The molecule has 2 N–H and O–H groups in total. The number of nitrogens with one attached hydrogen (secondary N) is 2. The third-order valence-corrected chi connectivity index (χ3v) is 4.13. The molecule has 1 amide bonds. The van der Waals surface area contributed by atoms with Crippen molar-refractivity contribution in [3.8, 4) is 11.5 Å². The van der Waals surface area contributed by atoms with Gasteiger partial charge in [0, 0.05) is 5.69 Å². The molecule has 154 valence electrons. The van der Waals surface area contributed by atoms with Crippen LogP contribution in [0.25, 0.3) is 0 Å². The molecule has 0 radical (unpaired) electrons. The number of hydrogen-bond acceptors (Lipinski definition) is 5. The van der Waals surface area contributed by atoms with Crippen LogP contribution in [0.1, 0.15) is 18.1 Å². The van der Waals surface area contributed by atoms with Crippen molar-refractivity contribution in [3.05, 3.63) is 90.0 Å². The number of hydrogen-bond donors (Lipinski definition) is 2. The number of ether oxygens (including phenoxy) is 2. The molecule has 6 nitrogen and oxygen atoms in total. The topological polar surface area (TPSA) is 72.0 Å². The highest BCUT2D eigenvalue weighted by Crippen LogP contribution is 2.15. The van der Waals surface area contributed by atoms with Gasteiger partial charge < -0.3 is 14.8 Å². The Morgan fingerprint density at radius 1 is 0.933 bits per heavy atom. The summed E-state index contributed by atoms with van der Waals surface area (Å²) in [6, 6.07) is 24.9. The molecule has 0 atom stereocenters. The third-order valence-electron chi connectivity index (χ3n) is 4.13. The van der Waals surface area contributed by atoms with Crippen molar-refractivity contribution in [2.24, 2.45) is 5.10 Å². The summed E-state index contributed by atoms with van der Waals surface area (Å²) in [4.78, 5) is 12.0. The third kappa shape index (κ3) is 6.98. The number of benzene rings is 3. The van der Waals surface area contributed by atoms with Crippen LogP contribution < -0.4 is 20.2 Å². The predicted octanol–water partition coefficient (Wildman–Crippen LogP) is 4.23.